The van der Waals surface area contributed by atoms with Gasteiger partial charge in [0, 0.05) is 23.1 Å². The molecule has 18 heavy (non-hydrogen) atoms. The fourth-order valence-electron chi connectivity index (χ4n) is 2.47. The van der Waals surface area contributed by atoms with E-state index in [1.54, 1.807) is 6.07 Å². The van der Waals surface area contributed by atoms with E-state index in [-0.39, 0.29) is 5.82 Å². The minimum absolute atomic E-state index is 0.252. The van der Waals surface area contributed by atoms with Gasteiger partial charge in [0.15, 0.2) is 0 Å². The Morgan fingerprint density at radius 2 is 2.28 bits per heavy atom. The van der Waals surface area contributed by atoms with E-state index >= 15 is 0 Å². The molecule has 1 heterocycles. The van der Waals surface area contributed by atoms with Crippen molar-refractivity contribution in [3.8, 4) is 0 Å². The van der Waals surface area contributed by atoms with Crippen LogP contribution in [-0.4, -0.2) is 28.6 Å². The van der Waals surface area contributed by atoms with Crippen LogP contribution in [0.5, 0.6) is 0 Å². The lowest BCUT2D eigenvalue weighted by atomic mass is 9.97. The van der Waals surface area contributed by atoms with Gasteiger partial charge in [-0.2, -0.15) is 0 Å². The van der Waals surface area contributed by atoms with E-state index in [0.717, 1.165) is 10.0 Å². The number of carboxylic acid groups (broad SMARTS) is 1. The van der Waals surface area contributed by atoms with Gasteiger partial charge in [0.25, 0.3) is 0 Å². The molecule has 0 aliphatic carbocycles. The minimum atomic E-state index is -0.837. The number of carbonyl (C=O) groups is 1. The van der Waals surface area contributed by atoms with Crippen molar-refractivity contribution in [3.05, 3.63) is 33.5 Å². The molecule has 1 atom stereocenters. The van der Waals surface area contributed by atoms with Crippen LogP contribution in [0.25, 0.3) is 0 Å². The molecule has 1 unspecified atom stereocenters. The molecular weight excluding hydrogens is 301 g/mol. The normalized spacial score (nSPS) is 17.3. The number of fused-ring (bicyclic) bond motifs is 1. The Balaban J connectivity index is 2.29. The van der Waals surface area contributed by atoms with Gasteiger partial charge in [-0.15, -0.1) is 0 Å². The van der Waals surface area contributed by atoms with Crippen LogP contribution in [0.2, 0.25) is 0 Å². The van der Waals surface area contributed by atoms with E-state index in [1.807, 2.05) is 11.8 Å². The summed E-state index contributed by atoms with van der Waals surface area (Å²) >= 11 is 3.42. The molecule has 0 saturated carbocycles. The van der Waals surface area contributed by atoms with Crippen LogP contribution < -0.4 is 0 Å². The number of halogens is 2. The van der Waals surface area contributed by atoms with Crippen molar-refractivity contribution in [2.24, 2.45) is 0 Å². The molecule has 0 saturated heterocycles. The zero-order valence-electron chi connectivity index (χ0n) is 10.1. The zero-order valence-corrected chi connectivity index (χ0v) is 11.7. The molecule has 1 aromatic rings. The lowest BCUT2D eigenvalue weighted by Crippen LogP contribution is -2.44. The summed E-state index contributed by atoms with van der Waals surface area (Å²) in [7, 11) is 0. The van der Waals surface area contributed by atoms with Gasteiger partial charge in [-0.1, -0.05) is 22.9 Å². The first-order valence-corrected chi connectivity index (χ1v) is 6.76. The Hall–Kier alpha value is -0.940. The summed E-state index contributed by atoms with van der Waals surface area (Å²) in [5, 5.41) is 9.15. The average Bonchev–Trinajstić information content (AvgIpc) is 2.34. The highest BCUT2D eigenvalue weighted by atomic mass is 79.9. The van der Waals surface area contributed by atoms with E-state index in [1.165, 1.54) is 6.07 Å². The van der Waals surface area contributed by atoms with Crippen LogP contribution in [0.15, 0.2) is 16.6 Å². The van der Waals surface area contributed by atoms with Crippen molar-refractivity contribution >= 4 is 21.9 Å². The second-order valence-electron chi connectivity index (χ2n) is 4.47. The minimum Gasteiger partial charge on any atom is -0.480 e. The van der Waals surface area contributed by atoms with Gasteiger partial charge in [-0.05, 0) is 30.5 Å². The number of carboxylic acids is 1. The third kappa shape index (κ3) is 2.42. The number of aliphatic carboxylic acids is 1. The van der Waals surface area contributed by atoms with E-state index in [9.17, 15) is 9.18 Å². The monoisotopic (exact) mass is 315 g/mol. The van der Waals surface area contributed by atoms with E-state index in [4.69, 9.17) is 5.11 Å². The number of benzene rings is 1. The maximum atomic E-state index is 13.8. The molecule has 0 amide bonds. The molecule has 3 nitrogen and oxygen atoms in total. The molecule has 1 N–H and O–H groups in total. The molecule has 0 radical (unpaired) electrons. The molecule has 0 fully saturated rings. The summed E-state index contributed by atoms with van der Waals surface area (Å²) in [4.78, 5) is 13.0. The Morgan fingerprint density at radius 1 is 1.56 bits per heavy atom. The number of hydrogen-bond acceptors (Lipinski definition) is 2. The number of rotatable bonds is 3. The molecular formula is C13H15BrFNO2. The van der Waals surface area contributed by atoms with Crippen LogP contribution >= 0.6 is 15.9 Å². The Morgan fingerprint density at radius 3 is 2.89 bits per heavy atom. The SMILES string of the molecule is CCC(C(=O)O)N1CCc2c(Br)ccc(F)c2C1. The van der Waals surface area contributed by atoms with Crippen LogP contribution in [0.1, 0.15) is 24.5 Å². The van der Waals surface area contributed by atoms with Crippen molar-refractivity contribution in [2.75, 3.05) is 6.54 Å². The third-order valence-electron chi connectivity index (χ3n) is 3.44. The average molecular weight is 316 g/mol. The summed E-state index contributed by atoms with van der Waals surface area (Å²) in [5.41, 5.74) is 1.59. The highest BCUT2D eigenvalue weighted by Gasteiger charge is 2.29. The molecule has 1 aliphatic heterocycles. The Labute approximate surface area is 114 Å². The van der Waals surface area contributed by atoms with E-state index < -0.39 is 12.0 Å². The van der Waals surface area contributed by atoms with Crippen molar-refractivity contribution in [1.82, 2.24) is 4.90 Å². The second-order valence-corrected chi connectivity index (χ2v) is 5.32. The predicted molar refractivity (Wildman–Crippen MR) is 69.9 cm³/mol. The first kappa shape index (κ1) is 13.5. The van der Waals surface area contributed by atoms with E-state index in [0.29, 0.717) is 31.5 Å². The first-order chi connectivity index (χ1) is 8.54. The number of nitrogens with zero attached hydrogens (tertiary/aromatic N) is 1. The zero-order chi connectivity index (χ0) is 13.3. The summed E-state index contributed by atoms with van der Waals surface area (Å²) in [6.45, 7) is 2.86. The third-order valence-corrected chi connectivity index (χ3v) is 4.18. The smallest absolute Gasteiger partial charge is 0.320 e. The van der Waals surface area contributed by atoms with Gasteiger partial charge >= 0.3 is 5.97 Å². The van der Waals surface area contributed by atoms with Crippen molar-refractivity contribution < 1.29 is 14.3 Å². The van der Waals surface area contributed by atoms with Gasteiger partial charge in [0.1, 0.15) is 11.9 Å². The molecule has 98 valence electrons. The lowest BCUT2D eigenvalue weighted by Gasteiger charge is -2.33. The van der Waals surface area contributed by atoms with Crippen LogP contribution in [0.4, 0.5) is 4.39 Å². The largest absolute Gasteiger partial charge is 0.480 e. The van der Waals surface area contributed by atoms with Crippen LogP contribution in [-0.2, 0) is 17.8 Å². The van der Waals surface area contributed by atoms with Crippen molar-refractivity contribution in [2.45, 2.75) is 32.4 Å². The highest BCUT2D eigenvalue weighted by molar-refractivity contribution is 9.10. The number of hydrogen-bond donors (Lipinski definition) is 1. The van der Waals surface area contributed by atoms with E-state index in [2.05, 4.69) is 15.9 Å². The molecule has 0 aromatic heterocycles. The van der Waals surface area contributed by atoms with Gasteiger partial charge in [-0.3, -0.25) is 9.69 Å². The molecule has 5 heteroatoms. The van der Waals surface area contributed by atoms with Gasteiger partial charge in [-0.25, -0.2) is 4.39 Å². The van der Waals surface area contributed by atoms with Crippen molar-refractivity contribution in [1.29, 1.82) is 0 Å². The maximum Gasteiger partial charge on any atom is 0.320 e. The molecule has 1 aliphatic rings. The quantitative estimate of drug-likeness (QED) is 0.932. The standard InChI is InChI=1S/C13H15BrFNO2/c1-2-12(13(17)18)16-6-5-8-9(7-16)11(15)4-3-10(8)14/h3-4,12H,2,5-7H2,1H3,(H,17,18). The first-order valence-electron chi connectivity index (χ1n) is 5.97. The molecule has 2 rings (SSSR count). The molecule has 1 aromatic carbocycles. The van der Waals surface area contributed by atoms with Crippen LogP contribution in [0.3, 0.4) is 0 Å². The summed E-state index contributed by atoms with van der Waals surface area (Å²) < 4.78 is 14.7. The van der Waals surface area contributed by atoms with Crippen LogP contribution in [0, 0.1) is 5.82 Å². The Bertz CT molecular complexity index is 478. The van der Waals surface area contributed by atoms with Crippen molar-refractivity contribution in [3.63, 3.8) is 0 Å². The maximum absolute atomic E-state index is 13.8. The fraction of sp³-hybridized carbons (Fsp3) is 0.462. The highest BCUT2D eigenvalue weighted by Crippen LogP contribution is 2.29. The summed E-state index contributed by atoms with van der Waals surface area (Å²) in [6.07, 6.45) is 1.21. The lowest BCUT2D eigenvalue weighted by molar-refractivity contribution is -0.143. The topological polar surface area (TPSA) is 40.5 Å². The summed E-state index contributed by atoms with van der Waals surface area (Å²) in [6, 6.07) is 2.60. The van der Waals surface area contributed by atoms with Gasteiger partial charge in [0.2, 0.25) is 0 Å². The predicted octanol–water partition coefficient (Wildman–Crippen LogP) is 2.81. The molecule has 0 spiro atoms. The van der Waals surface area contributed by atoms with Gasteiger partial charge < -0.3 is 5.11 Å². The second kappa shape index (κ2) is 5.36. The summed E-state index contributed by atoms with van der Waals surface area (Å²) in [5.74, 6) is -1.09. The Kier molecular flexibility index (Phi) is 4.02. The fourth-order valence-corrected chi connectivity index (χ4v) is 3.04. The van der Waals surface area contributed by atoms with Gasteiger partial charge in [0.05, 0.1) is 0 Å². The molecule has 0 bridgehead atoms.